The van der Waals surface area contributed by atoms with Crippen LogP contribution in [-0.4, -0.2) is 36.2 Å². The summed E-state index contributed by atoms with van der Waals surface area (Å²) in [4.78, 5) is 24.9. The first-order chi connectivity index (χ1) is 14.4. The van der Waals surface area contributed by atoms with Crippen LogP contribution in [0.4, 0.5) is 5.13 Å². The van der Waals surface area contributed by atoms with Crippen molar-refractivity contribution in [3.8, 4) is 22.9 Å². The Morgan fingerprint density at radius 1 is 1.20 bits per heavy atom. The summed E-state index contributed by atoms with van der Waals surface area (Å²) in [5, 5.41) is 15.5. The fourth-order valence-electron chi connectivity index (χ4n) is 2.77. The van der Waals surface area contributed by atoms with Crippen LogP contribution in [0.15, 0.2) is 40.5 Å². The number of carbonyl (C=O) groups is 1. The number of hydrogen-bond donors (Lipinski definition) is 2. The standard InChI is InChI=1S/C20H21N7O2S/c1-20(2,3)13-6-4-12(5-7-13)14-10-30-19(23-14)24-15(28)8-9-16-25-18(27-29-16)17-21-11-22-26-17/h4-7,10-11H,8-9H2,1-3H3,(H,21,22,26)(H,23,24,28). The minimum absolute atomic E-state index is 0.105. The third kappa shape index (κ3) is 4.60. The first kappa shape index (κ1) is 19.9. The van der Waals surface area contributed by atoms with E-state index >= 15 is 0 Å². The zero-order valence-electron chi connectivity index (χ0n) is 16.8. The summed E-state index contributed by atoms with van der Waals surface area (Å²) in [5.74, 6) is 0.916. The number of nitrogens with zero attached hydrogens (tertiary/aromatic N) is 5. The van der Waals surface area contributed by atoms with E-state index in [0.29, 0.717) is 29.1 Å². The lowest BCUT2D eigenvalue weighted by molar-refractivity contribution is -0.116. The first-order valence-corrected chi connectivity index (χ1v) is 10.3. The van der Waals surface area contributed by atoms with E-state index < -0.39 is 0 Å². The van der Waals surface area contributed by atoms with Crippen LogP contribution in [0.25, 0.3) is 22.9 Å². The highest BCUT2D eigenvalue weighted by molar-refractivity contribution is 7.14. The van der Waals surface area contributed by atoms with Gasteiger partial charge in [0.1, 0.15) is 6.33 Å². The van der Waals surface area contributed by atoms with Crippen molar-refractivity contribution in [3.63, 3.8) is 0 Å². The molecule has 0 radical (unpaired) electrons. The number of thiazole rings is 1. The Labute approximate surface area is 177 Å². The van der Waals surface area contributed by atoms with Gasteiger partial charge in [-0.25, -0.2) is 9.97 Å². The lowest BCUT2D eigenvalue weighted by Gasteiger charge is -2.18. The molecule has 0 saturated heterocycles. The molecule has 2 N–H and O–H groups in total. The van der Waals surface area contributed by atoms with Gasteiger partial charge in [-0.15, -0.1) is 11.3 Å². The van der Waals surface area contributed by atoms with Gasteiger partial charge < -0.3 is 9.84 Å². The van der Waals surface area contributed by atoms with Crippen LogP contribution in [0.2, 0.25) is 0 Å². The third-order valence-corrected chi connectivity index (χ3v) is 5.22. The fraction of sp³-hybridized carbons (Fsp3) is 0.300. The molecule has 0 unspecified atom stereocenters. The SMILES string of the molecule is CC(C)(C)c1ccc(-c2csc(NC(=O)CCc3nc(-c4ncn[nH]4)no3)n2)cc1. The number of aromatic amines is 1. The van der Waals surface area contributed by atoms with Crippen molar-refractivity contribution in [1.29, 1.82) is 0 Å². The third-order valence-electron chi connectivity index (χ3n) is 4.46. The predicted molar refractivity (Wildman–Crippen MR) is 113 cm³/mol. The van der Waals surface area contributed by atoms with Crippen LogP contribution in [-0.2, 0) is 16.6 Å². The minimum atomic E-state index is -0.168. The topological polar surface area (TPSA) is 122 Å². The maximum Gasteiger partial charge on any atom is 0.239 e. The van der Waals surface area contributed by atoms with Crippen LogP contribution in [0.1, 0.15) is 38.6 Å². The highest BCUT2D eigenvalue weighted by Crippen LogP contribution is 2.28. The minimum Gasteiger partial charge on any atom is -0.339 e. The number of aryl methyl sites for hydroxylation is 1. The molecule has 0 spiro atoms. The quantitative estimate of drug-likeness (QED) is 0.483. The van der Waals surface area contributed by atoms with Crippen LogP contribution < -0.4 is 5.32 Å². The summed E-state index contributed by atoms with van der Waals surface area (Å²) in [6.45, 7) is 6.55. The summed E-state index contributed by atoms with van der Waals surface area (Å²) in [5.41, 5.74) is 3.23. The maximum atomic E-state index is 12.3. The van der Waals surface area contributed by atoms with E-state index in [2.05, 4.69) is 80.7 Å². The maximum absolute atomic E-state index is 12.3. The largest absolute Gasteiger partial charge is 0.339 e. The second kappa shape index (κ2) is 8.15. The average molecular weight is 424 g/mol. The number of rotatable bonds is 6. The van der Waals surface area contributed by atoms with E-state index in [1.807, 2.05) is 5.38 Å². The Bertz CT molecular complexity index is 1120. The van der Waals surface area contributed by atoms with E-state index in [-0.39, 0.29) is 17.7 Å². The normalized spacial score (nSPS) is 11.6. The van der Waals surface area contributed by atoms with Gasteiger partial charge in [0, 0.05) is 23.8 Å². The van der Waals surface area contributed by atoms with Gasteiger partial charge in [0.15, 0.2) is 11.0 Å². The lowest BCUT2D eigenvalue weighted by atomic mass is 9.86. The fourth-order valence-corrected chi connectivity index (χ4v) is 3.51. The van der Waals surface area contributed by atoms with Gasteiger partial charge in [-0.1, -0.05) is 50.2 Å². The van der Waals surface area contributed by atoms with Crippen molar-refractivity contribution in [3.05, 3.63) is 47.4 Å². The summed E-state index contributed by atoms with van der Waals surface area (Å²) in [6.07, 6.45) is 1.88. The Balaban J connectivity index is 1.33. The monoisotopic (exact) mass is 423 g/mol. The molecule has 0 fully saturated rings. The molecule has 9 nitrogen and oxygen atoms in total. The highest BCUT2D eigenvalue weighted by Gasteiger charge is 2.15. The zero-order chi connectivity index (χ0) is 21.1. The number of amides is 1. The number of aromatic nitrogens is 6. The van der Waals surface area contributed by atoms with Crippen LogP contribution >= 0.6 is 11.3 Å². The molecular formula is C20H21N7O2S. The van der Waals surface area contributed by atoms with E-state index in [9.17, 15) is 4.79 Å². The summed E-state index contributed by atoms with van der Waals surface area (Å²) < 4.78 is 5.14. The number of benzene rings is 1. The van der Waals surface area contributed by atoms with Crippen LogP contribution in [0.3, 0.4) is 0 Å². The molecule has 0 atom stereocenters. The van der Waals surface area contributed by atoms with Gasteiger partial charge >= 0.3 is 0 Å². The molecule has 4 rings (SSSR count). The molecule has 10 heteroatoms. The van der Waals surface area contributed by atoms with Gasteiger partial charge in [0.05, 0.1) is 5.69 Å². The molecule has 0 aliphatic carbocycles. The number of carbonyl (C=O) groups excluding carboxylic acids is 1. The zero-order valence-corrected chi connectivity index (χ0v) is 17.7. The molecule has 3 aromatic heterocycles. The second-order valence-electron chi connectivity index (χ2n) is 7.76. The molecule has 4 aromatic rings. The molecule has 0 aliphatic rings. The smallest absolute Gasteiger partial charge is 0.239 e. The average Bonchev–Trinajstić information content (AvgIpc) is 3.47. The van der Waals surface area contributed by atoms with E-state index in [0.717, 1.165) is 11.3 Å². The molecule has 1 aromatic carbocycles. The van der Waals surface area contributed by atoms with Crippen molar-refractivity contribution >= 4 is 22.4 Å². The Kier molecular flexibility index (Phi) is 5.40. The van der Waals surface area contributed by atoms with Gasteiger partial charge in [0.2, 0.25) is 17.6 Å². The first-order valence-electron chi connectivity index (χ1n) is 9.43. The van der Waals surface area contributed by atoms with Crippen LogP contribution in [0.5, 0.6) is 0 Å². The number of hydrogen-bond acceptors (Lipinski definition) is 8. The van der Waals surface area contributed by atoms with E-state index in [1.54, 1.807) is 0 Å². The second-order valence-corrected chi connectivity index (χ2v) is 8.62. The Morgan fingerprint density at radius 2 is 2.00 bits per heavy atom. The van der Waals surface area contributed by atoms with Gasteiger partial charge in [0.25, 0.3) is 0 Å². The predicted octanol–water partition coefficient (Wildman–Crippen LogP) is 3.85. The van der Waals surface area contributed by atoms with Crippen LogP contribution in [0, 0.1) is 0 Å². The molecule has 154 valence electrons. The summed E-state index contributed by atoms with van der Waals surface area (Å²) >= 11 is 1.39. The molecular weight excluding hydrogens is 402 g/mol. The highest BCUT2D eigenvalue weighted by atomic mass is 32.1. The molecule has 0 saturated carbocycles. The molecule has 1 amide bonds. The number of H-pyrrole nitrogens is 1. The van der Waals surface area contributed by atoms with Crippen molar-refractivity contribution in [2.45, 2.75) is 39.0 Å². The summed E-state index contributed by atoms with van der Waals surface area (Å²) in [6, 6.07) is 8.35. The van der Waals surface area contributed by atoms with Crippen molar-refractivity contribution in [2.75, 3.05) is 5.32 Å². The van der Waals surface area contributed by atoms with Gasteiger partial charge in [-0.2, -0.15) is 10.1 Å². The number of nitrogens with one attached hydrogen (secondary N) is 2. The van der Waals surface area contributed by atoms with Crippen molar-refractivity contribution < 1.29 is 9.32 Å². The van der Waals surface area contributed by atoms with E-state index in [4.69, 9.17) is 4.52 Å². The number of anilines is 1. The molecule has 30 heavy (non-hydrogen) atoms. The van der Waals surface area contributed by atoms with Crippen molar-refractivity contribution in [2.24, 2.45) is 0 Å². The molecule has 0 bridgehead atoms. The van der Waals surface area contributed by atoms with Crippen molar-refractivity contribution in [1.82, 2.24) is 30.3 Å². The lowest BCUT2D eigenvalue weighted by Crippen LogP contribution is -2.12. The van der Waals surface area contributed by atoms with E-state index in [1.165, 1.54) is 23.2 Å². The van der Waals surface area contributed by atoms with Gasteiger partial charge in [-0.05, 0) is 11.0 Å². The van der Waals surface area contributed by atoms with Gasteiger partial charge in [-0.3, -0.25) is 9.89 Å². The Morgan fingerprint density at radius 3 is 2.70 bits per heavy atom. The Hall–Kier alpha value is -3.40. The molecule has 0 aliphatic heterocycles. The summed E-state index contributed by atoms with van der Waals surface area (Å²) in [7, 11) is 0. The molecule has 3 heterocycles.